The fraction of sp³-hybridized carbons (Fsp3) is 0.562. The smallest absolute Gasteiger partial charge is 0.227 e. The number of halogens is 1. The molecule has 112 valence electrons. The quantitative estimate of drug-likeness (QED) is 0.926. The van der Waals surface area contributed by atoms with Crippen molar-refractivity contribution in [2.75, 3.05) is 13.1 Å². The SMILES string of the molecule is CC(C)N(Cc1ccccc1)C(=O)[C@@H]1CCCNC1.Cl. The molecule has 1 aromatic carbocycles. The van der Waals surface area contributed by atoms with Crippen LogP contribution in [0.3, 0.4) is 0 Å². The van der Waals surface area contributed by atoms with Gasteiger partial charge in [-0.25, -0.2) is 0 Å². The molecule has 3 nitrogen and oxygen atoms in total. The molecule has 1 aromatic rings. The second kappa shape index (κ2) is 8.28. The first-order valence-corrected chi connectivity index (χ1v) is 7.23. The number of piperidine rings is 1. The monoisotopic (exact) mass is 296 g/mol. The number of rotatable bonds is 4. The molecule has 4 heteroatoms. The zero-order valence-corrected chi connectivity index (χ0v) is 13.2. The van der Waals surface area contributed by atoms with Gasteiger partial charge in [-0.15, -0.1) is 12.4 Å². The summed E-state index contributed by atoms with van der Waals surface area (Å²) >= 11 is 0. The van der Waals surface area contributed by atoms with Gasteiger partial charge in [-0.2, -0.15) is 0 Å². The molecule has 0 aromatic heterocycles. The first kappa shape index (κ1) is 17.0. The lowest BCUT2D eigenvalue weighted by atomic mass is 9.97. The van der Waals surface area contributed by atoms with E-state index in [9.17, 15) is 4.79 Å². The highest BCUT2D eigenvalue weighted by molar-refractivity contribution is 5.85. The highest BCUT2D eigenvalue weighted by Gasteiger charge is 2.27. The number of nitrogens with one attached hydrogen (secondary N) is 1. The predicted octanol–water partition coefficient (Wildman–Crippen LogP) is 2.85. The highest BCUT2D eigenvalue weighted by atomic mass is 35.5. The van der Waals surface area contributed by atoms with Crippen molar-refractivity contribution in [2.45, 2.75) is 39.3 Å². The van der Waals surface area contributed by atoms with Gasteiger partial charge in [0.05, 0.1) is 5.92 Å². The van der Waals surface area contributed by atoms with Crippen LogP contribution in [0.4, 0.5) is 0 Å². The minimum absolute atomic E-state index is 0. The van der Waals surface area contributed by atoms with E-state index in [1.54, 1.807) is 0 Å². The molecule has 1 N–H and O–H groups in total. The van der Waals surface area contributed by atoms with Gasteiger partial charge < -0.3 is 10.2 Å². The Morgan fingerprint density at radius 1 is 1.35 bits per heavy atom. The average molecular weight is 297 g/mol. The number of hydrogen-bond donors (Lipinski definition) is 1. The van der Waals surface area contributed by atoms with Crippen molar-refractivity contribution in [3.05, 3.63) is 35.9 Å². The van der Waals surface area contributed by atoms with Gasteiger partial charge >= 0.3 is 0 Å². The van der Waals surface area contributed by atoms with Gasteiger partial charge in [0.15, 0.2) is 0 Å². The molecule has 0 aliphatic carbocycles. The zero-order chi connectivity index (χ0) is 13.7. The van der Waals surface area contributed by atoms with Crippen molar-refractivity contribution in [1.82, 2.24) is 10.2 Å². The van der Waals surface area contributed by atoms with Crippen LogP contribution in [0.15, 0.2) is 30.3 Å². The van der Waals surface area contributed by atoms with Crippen LogP contribution in [-0.4, -0.2) is 29.9 Å². The summed E-state index contributed by atoms with van der Waals surface area (Å²) < 4.78 is 0. The van der Waals surface area contributed by atoms with Gasteiger partial charge in [-0.3, -0.25) is 4.79 Å². The molecule has 20 heavy (non-hydrogen) atoms. The van der Waals surface area contributed by atoms with Crippen LogP contribution in [0.5, 0.6) is 0 Å². The van der Waals surface area contributed by atoms with Crippen molar-refractivity contribution >= 4 is 18.3 Å². The maximum atomic E-state index is 12.6. The summed E-state index contributed by atoms with van der Waals surface area (Å²) in [7, 11) is 0. The molecular formula is C16H25ClN2O. The van der Waals surface area contributed by atoms with Crippen LogP contribution in [0, 0.1) is 5.92 Å². The van der Waals surface area contributed by atoms with E-state index in [0.29, 0.717) is 12.5 Å². The Bertz CT molecular complexity index is 402. The summed E-state index contributed by atoms with van der Waals surface area (Å²) in [4.78, 5) is 14.6. The van der Waals surface area contributed by atoms with Crippen molar-refractivity contribution in [3.63, 3.8) is 0 Å². The summed E-state index contributed by atoms with van der Waals surface area (Å²) in [6.45, 7) is 6.78. The number of nitrogens with zero attached hydrogens (tertiary/aromatic N) is 1. The third-order valence-corrected chi connectivity index (χ3v) is 3.75. The second-order valence-corrected chi connectivity index (χ2v) is 5.59. The van der Waals surface area contributed by atoms with Crippen molar-refractivity contribution in [1.29, 1.82) is 0 Å². The predicted molar refractivity (Wildman–Crippen MR) is 85.0 cm³/mol. The second-order valence-electron chi connectivity index (χ2n) is 5.59. The van der Waals surface area contributed by atoms with E-state index in [1.165, 1.54) is 5.56 Å². The molecule has 1 aliphatic heterocycles. The Kier molecular flexibility index (Phi) is 7.03. The van der Waals surface area contributed by atoms with Gasteiger partial charge in [0.2, 0.25) is 5.91 Å². The molecule has 2 rings (SSSR count). The van der Waals surface area contributed by atoms with Crippen molar-refractivity contribution in [2.24, 2.45) is 5.92 Å². The summed E-state index contributed by atoms with van der Waals surface area (Å²) in [5.74, 6) is 0.450. The molecule has 1 fully saturated rings. The molecule has 0 bridgehead atoms. The first-order valence-electron chi connectivity index (χ1n) is 7.23. The van der Waals surface area contributed by atoms with Gasteiger partial charge in [0.25, 0.3) is 0 Å². The average Bonchev–Trinajstić information content (AvgIpc) is 2.46. The molecule has 1 aliphatic rings. The Balaban J connectivity index is 0.00000200. The maximum absolute atomic E-state index is 12.6. The zero-order valence-electron chi connectivity index (χ0n) is 12.3. The molecule has 1 amide bonds. The van der Waals surface area contributed by atoms with Crippen LogP contribution in [-0.2, 0) is 11.3 Å². The van der Waals surface area contributed by atoms with Gasteiger partial charge in [0, 0.05) is 19.1 Å². The van der Waals surface area contributed by atoms with Crippen molar-refractivity contribution in [3.8, 4) is 0 Å². The summed E-state index contributed by atoms with van der Waals surface area (Å²) in [5.41, 5.74) is 1.20. The molecule has 1 heterocycles. The lowest BCUT2D eigenvalue weighted by Gasteiger charge is -2.32. The lowest BCUT2D eigenvalue weighted by Crippen LogP contribution is -2.45. The molecule has 0 radical (unpaired) electrons. The minimum Gasteiger partial charge on any atom is -0.336 e. The highest BCUT2D eigenvalue weighted by Crippen LogP contribution is 2.17. The van der Waals surface area contributed by atoms with E-state index in [-0.39, 0.29) is 24.4 Å². The molecule has 0 spiro atoms. The minimum atomic E-state index is 0. The fourth-order valence-electron chi connectivity index (χ4n) is 2.59. The standard InChI is InChI=1S/C16H24N2O.ClH/c1-13(2)18(12-14-7-4-3-5-8-14)16(19)15-9-6-10-17-11-15;/h3-5,7-8,13,15,17H,6,9-12H2,1-2H3;1H/t15-;/m1./s1. The van der Waals surface area contributed by atoms with E-state index >= 15 is 0 Å². The topological polar surface area (TPSA) is 32.3 Å². The lowest BCUT2D eigenvalue weighted by molar-refractivity contribution is -0.138. The molecule has 1 atom stereocenters. The maximum Gasteiger partial charge on any atom is 0.227 e. The van der Waals surface area contributed by atoms with Gasteiger partial charge in [-0.05, 0) is 38.8 Å². The summed E-state index contributed by atoms with van der Waals surface area (Å²) in [6.07, 6.45) is 2.12. The molecule has 0 saturated carbocycles. The number of benzene rings is 1. The van der Waals surface area contributed by atoms with Crippen LogP contribution in [0.1, 0.15) is 32.3 Å². The van der Waals surface area contributed by atoms with Crippen LogP contribution in [0.2, 0.25) is 0 Å². The first-order chi connectivity index (χ1) is 9.18. The molecule has 0 unspecified atom stereocenters. The van der Waals surface area contributed by atoms with E-state index in [2.05, 4.69) is 31.3 Å². The van der Waals surface area contributed by atoms with Crippen LogP contribution in [0.25, 0.3) is 0 Å². The molecular weight excluding hydrogens is 272 g/mol. The number of hydrogen-bond acceptors (Lipinski definition) is 2. The Hall–Kier alpha value is -1.06. The van der Waals surface area contributed by atoms with E-state index in [4.69, 9.17) is 0 Å². The fourth-order valence-corrected chi connectivity index (χ4v) is 2.59. The normalized spacial score (nSPS) is 18.4. The van der Waals surface area contributed by atoms with Gasteiger partial charge in [0.1, 0.15) is 0 Å². The Morgan fingerprint density at radius 2 is 2.05 bits per heavy atom. The third kappa shape index (κ3) is 4.50. The van der Waals surface area contributed by atoms with Crippen molar-refractivity contribution < 1.29 is 4.79 Å². The Morgan fingerprint density at radius 3 is 2.60 bits per heavy atom. The van der Waals surface area contributed by atoms with Gasteiger partial charge in [-0.1, -0.05) is 30.3 Å². The van der Waals surface area contributed by atoms with Crippen LogP contribution < -0.4 is 5.32 Å². The molecule has 1 saturated heterocycles. The summed E-state index contributed by atoms with van der Waals surface area (Å²) in [6, 6.07) is 10.5. The third-order valence-electron chi connectivity index (χ3n) is 3.75. The van der Waals surface area contributed by atoms with E-state index < -0.39 is 0 Å². The number of carbonyl (C=O) groups excluding carboxylic acids is 1. The number of amides is 1. The Labute approximate surface area is 128 Å². The summed E-state index contributed by atoms with van der Waals surface area (Å²) in [5, 5.41) is 3.33. The van der Waals surface area contributed by atoms with E-state index in [0.717, 1.165) is 25.9 Å². The van der Waals surface area contributed by atoms with Crippen LogP contribution >= 0.6 is 12.4 Å². The van der Waals surface area contributed by atoms with E-state index in [1.807, 2.05) is 23.1 Å². The number of carbonyl (C=O) groups is 1. The largest absolute Gasteiger partial charge is 0.336 e.